The molecule has 1 heterocycles. The maximum Gasteiger partial charge on any atom is 0.191 e. The standard InChI is InChI=1S/C22H28F2N4O/c1-3-25-22(26-14-17-4-6-19(23)16(2)12-17)27-15-18-5-7-21(20(24)13-18)28-8-10-29-11-9-28/h4-7,12-13H,3,8-11,14-15H2,1-2H3,(H2,25,26,27). The summed E-state index contributed by atoms with van der Waals surface area (Å²) in [6.07, 6.45) is 0. The van der Waals surface area contributed by atoms with E-state index in [0.29, 0.717) is 63.1 Å². The van der Waals surface area contributed by atoms with Crippen LogP contribution in [-0.2, 0) is 17.8 Å². The van der Waals surface area contributed by atoms with Crippen molar-refractivity contribution in [3.63, 3.8) is 0 Å². The first kappa shape index (κ1) is 21.0. The predicted octanol–water partition coefficient (Wildman–Crippen LogP) is 3.37. The fourth-order valence-corrected chi connectivity index (χ4v) is 3.22. The highest BCUT2D eigenvalue weighted by molar-refractivity contribution is 5.79. The number of hydrogen-bond acceptors (Lipinski definition) is 3. The Balaban J connectivity index is 1.62. The normalized spacial score (nSPS) is 14.8. The maximum absolute atomic E-state index is 14.6. The molecule has 1 aliphatic heterocycles. The number of halogens is 2. The number of ether oxygens (including phenoxy) is 1. The van der Waals surface area contributed by atoms with Crippen LogP contribution < -0.4 is 15.5 Å². The van der Waals surface area contributed by atoms with Crippen LogP contribution in [0.3, 0.4) is 0 Å². The van der Waals surface area contributed by atoms with Gasteiger partial charge in [-0.2, -0.15) is 0 Å². The van der Waals surface area contributed by atoms with Gasteiger partial charge >= 0.3 is 0 Å². The van der Waals surface area contributed by atoms with Crippen LogP contribution in [0.4, 0.5) is 14.5 Å². The number of guanidine groups is 1. The van der Waals surface area contributed by atoms with Crippen molar-refractivity contribution in [2.45, 2.75) is 26.9 Å². The monoisotopic (exact) mass is 402 g/mol. The molecule has 0 aliphatic carbocycles. The summed E-state index contributed by atoms with van der Waals surface area (Å²) in [6, 6.07) is 10.3. The zero-order valence-electron chi connectivity index (χ0n) is 17.0. The van der Waals surface area contributed by atoms with Gasteiger partial charge in [0.2, 0.25) is 0 Å². The van der Waals surface area contributed by atoms with Crippen LogP contribution in [0.2, 0.25) is 0 Å². The molecule has 0 unspecified atom stereocenters. The Kier molecular flexibility index (Phi) is 7.41. The van der Waals surface area contributed by atoms with Crippen molar-refractivity contribution >= 4 is 11.6 Å². The number of aliphatic imine (C=N–C) groups is 1. The number of nitrogens with one attached hydrogen (secondary N) is 2. The van der Waals surface area contributed by atoms with Crippen molar-refractivity contribution in [3.05, 3.63) is 64.7 Å². The summed E-state index contributed by atoms with van der Waals surface area (Å²) in [5.74, 6) is 0.187. The highest BCUT2D eigenvalue weighted by atomic mass is 19.1. The van der Waals surface area contributed by atoms with Gasteiger partial charge in [0.1, 0.15) is 11.6 Å². The number of morpholine rings is 1. The average Bonchev–Trinajstić information content (AvgIpc) is 2.73. The molecule has 0 amide bonds. The minimum Gasteiger partial charge on any atom is -0.378 e. The van der Waals surface area contributed by atoms with E-state index in [1.165, 1.54) is 6.07 Å². The Bertz CT molecular complexity index is 851. The number of rotatable bonds is 6. The zero-order chi connectivity index (χ0) is 20.6. The smallest absolute Gasteiger partial charge is 0.191 e. The molecule has 1 aliphatic rings. The topological polar surface area (TPSA) is 48.9 Å². The quantitative estimate of drug-likeness (QED) is 0.575. The summed E-state index contributed by atoms with van der Waals surface area (Å²) < 4.78 is 33.3. The first-order valence-electron chi connectivity index (χ1n) is 9.95. The molecular formula is C22H28F2N4O. The molecular weight excluding hydrogens is 374 g/mol. The van der Waals surface area contributed by atoms with E-state index in [0.717, 1.165) is 11.1 Å². The average molecular weight is 402 g/mol. The third-order valence-electron chi connectivity index (χ3n) is 4.81. The van der Waals surface area contributed by atoms with Gasteiger partial charge in [-0.05, 0) is 48.7 Å². The van der Waals surface area contributed by atoms with E-state index in [-0.39, 0.29) is 11.6 Å². The zero-order valence-corrected chi connectivity index (χ0v) is 17.0. The Hall–Kier alpha value is -2.67. The number of benzene rings is 2. The summed E-state index contributed by atoms with van der Waals surface area (Å²) in [6.45, 7) is 7.96. The molecule has 5 nitrogen and oxygen atoms in total. The molecule has 1 fully saturated rings. The van der Waals surface area contributed by atoms with E-state index < -0.39 is 0 Å². The molecule has 29 heavy (non-hydrogen) atoms. The van der Waals surface area contributed by atoms with Gasteiger partial charge in [-0.1, -0.05) is 18.2 Å². The lowest BCUT2D eigenvalue weighted by Gasteiger charge is -2.29. The molecule has 0 aromatic heterocycles. The van der Waals surface area contributed by atoms with E-state index >= 15 is 0 Å². The second-order valence-corrected chi connectivity index (χ2v) is 7.02. The fourth-order valence-electron chi connectivity index (χ4n) is 3.22. The minimum absolute atomic E-state index is 0.217. The first-order valence-corrected chi connectivity index (χ1v) is 9.95. The lowest BCUT2D eigenvalue weighted by molar-refractivity contribution is 0.122. The molecule has 0 atom stereocenters. The van der Waals surface area contributed by atoms with Crippen molar-refractivity contribution < 1.29 is 13.5 Å². The predicted molar refractivity (Wildman–Crippen MR) is 112 cm³/mol. The summed E-state index contributed by atoms with van der Waals surface area (Å²) >= 11 is 0. The van der Waals surface area contributed by atoms with E-state index in [4.69, 9.17) is 4.74 Å². The second-order valence-electron chi connectivity index (χ2n) is 7.02. The fraction of sp³-hybridized carbons (Fsp3) is 0.409. The van der Waals surface area contributed by atoms with Crippen LogP contribution in [0.25, 0.3) is 0 Å². The van der Waals surface area contributed by atoms with Gasteiger partial charge in [0.25, 0.3) is 0 Å². The maximum atomic E-state index is 14.6. The van der Waals surface area contributed by atoms with Gasteiger partial charge in [0.05, 0.1) is 25.4 Å². The Morgan fingerprint density at radius 2 is 1.79 bits per heavy atom. The third kappa shape index (κ3) is 5.90. The highest BCUT2D eigenvalue weighted by Crippen LogP contribution is 2.21. The van der Waals surface area contributed by atoms with E-state index in [9.17, 15) is 8.78 Å². The van der Waals surface area contributed by atoms with Gasteiger partial charge in [-0.15, -0.1) is 0 Å². The molecule has 7 heteroatoms. The first-order chi connectivity index (χ1) is 14.1. The van der Waals surface area contributed by atoms with E-state index in [1.807, 2.05) is 24.0 Å². The number of nitrogens with zero attached hydrogens (tertiary/aromatic N) is 2. The molecule has 2 N–H and O–H groups in total. The molecule has 2 aromatic carbocycles. The van der Waals surface area contributed by atoms with Crippen molar-refractivity contribution in [1.82, 2.24) is 10.6 Å². The lowest BCUT2D eigenvalue weighted by Crippen LogP contribution is -2.37. The van der Waals surface area contributed by atoms with E-state index in [2.05, 4.69) is 15.6 Å². The van der Waals surface area contributed by atoms with Crippen molar-refractivity contribution in [1.29, 1.82) is 0 Å². The minimum atomic E-state index is -0.227. The molecule has 1 saturated heterocycles. The Morgan fingerprint density at radius 3 is 2.48 bits per heavy atom. The van der Waals surface area contributed by atoms with Gasteiger partial charge < -0.3 is 20.3 Å². The highest BCUT2D eigenvalue weighted by Gasteiger charge is 2.15. The SMILES string of the molecule is CCNC(=NCc1ccc(F)c(C)c1)NCc1ccc(N2CCOCC2)c(F)c1. The molecule has 3 rings (SSSR count). The summed E-state index contributed by atoms with van der Waals surface area (Å²) in [5, 5.41) is 6.40. The van der Waals surface area contributed by atoms with Crippen LogP contribution in [-0.4, -0.2) is 38.8 Å². The van der Waals surface area contributed by atoms with Crippen LogP contribution in [0.5, 0.6) is 0 Å². The summed E-state index contributed by atoms with van der Waals surface area (Å²) in [7, 11) is 0. The molecule has 0 saturated carbocycles. The van der Waals surface area contributed by atoms with Crippen LogP contribution in [0.15, 0.2) is 41.4 Å². The number of aryl methyl sites for hydroxylation is 1. The van der Waals surface area contributed by atoms with E-state index in [1.54, 1.807) is 25.1 Å². The van der Waals surface area contributed by atoms with Crippen molar-refractivity contribution in [2.24, 2.45) is 4.99 Å². The van der Waals surface area contributed by atoms with Gasteiger partial charge in [0, 0.05) is 26.2 Å². The van der Waals surface area contributed by atoms with Crippen molar-refractivity contribution in [3.8, 4) is 0 Å². The number of hydrogen-bond donors (Lipinski definition) is 2. The van der Waals surface area contributed by atoms with Crippen LogP contribution >= 0.6 is 0 Å². The number of anilines is 1. The molecule has 156 valence electrons. The van der Waals surface area contributed by atoms with Crippen LogP contribution in [0.1, 0.15) is 23.6 Å². The second kappa shape index (κ2) is 10.2. The Morgan fingerprint density at radius 1 is 1.03 bits per heavy atom. The van der Waals surface area contributed by atoms with Crippen molar-refractivity contribution in [2.75, 3.05) is 37.7 Å². The Labute approximate surface area is 170 Å². The van der Waals surface area contributed by atoms with Crippen LogP contribution in [0, 0.1) is 18.6 Å². The molecule has 0 bridgehead atoms. The van der Waals surface area contributed by atoms with Gasteiger partial charge in [0.15, 0.2) is 5.96 Å². The molecule has 0 spiro atoms. The summed E-state index contributed by atoms with van der Waals surface area (Å²) in [4.78, 5) is 6.55. The lowest BCUT2D eigenvalue weighted by atomic mass is 10.1. The molecule has 2 aromatic rings. The van der Waals surface area contributed by atoms with Gasteiger partial charge in [-0.3, -0.25) is 0 Å². The summed E-state index contributed by atoms with van der Waals surface area (Å²) in [5.41, 5.74) is 2.99. The van der Waals surface area contributed by atoms with Gasteiger partial charge in [-0.25, -0.2) is 13.8 Å². The third-order valence-corrected chi connectivity index (χ3v) is 4.81. The molecule has 0 radical (unpaired) electrons. The largest absolute Gasteiger partial charge is 0.378 e.